The van der Waals surface area contributed by atoms with Crippen molar-refractivity contribution in [1.82, 2.24) is 0 Å². The highest BCUT2D eigenvalue weighted by molar-refractivity contribution is 5.80. The molecule has 0 heterocycles. The first-order valence-electron chi connectivity index (χ1n) is 7.23. The van der Waals surface area contributed by atoms with Gasteiger partial charge in [-0.25, -0.2) is 4.79 Å². The average molecular weight is 264 g/mol. The van der Waals surface area contributed by atoms with Gasteiger partial charge in [0.1, 0.15) is 0 Å². The van der Waals surface area contributed by atoms with Crippen LogP contribution in [0.25, 0.3) is 0 Å². The van der Waals surface area contributed by atoms with Crippen LogP contribution >= 0.6 is 0 Å². The molecule has 0 fully saturated rings. The second-order valence-electron chi connectivity index (χ2n) is 5.03. The number of allylic oxidation sites excluding steroid dienone is 5. The number of carboxylic acids is 1. The minimum Gasteiger partial charge on any atom is -0.478 e. The molecule has 0 rings (SSSR count). The van der Waals surface area contributed by atoms with E-state index in [-0.39, 0.29) is 0 Å². The van der Waals surface area contributed by atoms with E-state index in [0.717, 1.165) is 44.1 Å². The van der Waals surface area contributed by atoms with E-state index in [2.05, 4.69) is 32.9 Å². The van der Waals surface area contributed by atoms with E-state index in [1.807, 2.05) is 6.92 Å². The van der Waals surface area contributed by atoms with Gasteiger partial charge in [0, 0.05) is 6.08 Å². The van der Waals surface area contributed by atoms with Gasteiger partial charge in [0.15, 0.2) is 0 Å². The van der Waals surface area contributed by atoms with Crippen LogP contribution in [0.15, 0.2) is 34.9 Å². The van der Waals surface area contributed by atoms with E-state index >= 15 is 0 Å². The number of rotatable bonds is 9. The van der Waals surface area contributed by atoms with Crippen LogP contribution in [0.1, 0.15) is 66.2 Å². The Bertz CT molecular complexity index is 359. The van der Waals surface area contributed by atoms with E-state index in [0.29, 0.717) is 0 Å². The van der Waals surface area contributed by atoms with Crippen molar-refractivity contribution in [1.29, 1.82) is 0 Å². The molecule has 1 N–H and O–H groups in total. The standard InChI is InChI=1S/C17H28O2/c1-5-14(3)9-7-11-16(6-2)12-8-10-15(4)13-17(18)19/h9,12-13H,5-8,10-11H2,1-4H3,(H,18,19). The molecule has 0 unspecified atom stereocenters. The van der Waals surface area contributed by atoms with Crippen LogP contribution in [-0.2, 0) is 4.79 Å². The molecule has 0 atom stereocenters. The largest absolute Gasteiger partial charge is 0.478 e. The zero-order valence-electron chi connectivity index (χ0n) is 12.8. The fourth-order valence-corrected chi connectivity index (χ4v) is 1.86. The van der Waals surface area contributed by atoms with Crippen LogP contribution < -0.4 is 0 Å². The van der Waals surface area contributed by atoms with E-state index in [1.54, 1.807) is 0 Å². The van der Waals surface area contributed by atoms with Crippen molar-refractivity contribution in [2.75, 3.05) is 0 Å². The highest BCUT2D eigenvalue weighted by Gasteiger charge is 1.96. The normalized spacial score (nSPS) is 13.8. The van der Waals surface area contributed by atoms with E-state index in [9.17, 15) is 4.79 Å². The fraction of sp³-hybridized carbons (Fsp3) is 0.588. The van der Waals surface area contributed by atoms with Gasteiger partial charge in [-0.1, -0.05) is 42.7 Å². The summed E-state index contributed by atoms with van der Waals surface area (Å²) in [6, 6.07) is 0. The number of carbonyl (C=O) groups is 1. The summed E-state index contributed by atoms with van der Waals surface area (Å²) in [6.45, 7) is 8.42. The molecular weight excluding hydrogens is 236 g/mol. The first kappa shape index (κ1) is 17.7. The smallest absolute Gasteiger partial charge is 0.328 e. The number of carboxylic acid groups (broad SMARTS) is 1. The molecule has 0 spiro atoms. The Kier molecular flexibility index (Phi) is 9.87. The molecule has 0 aromatic rings. The topological polar surface area (TPSA) is 37.3 Å². The van der Waals surface area contributed by atoms with E-state index in [4.69, 9.17) is 5.11 Å². The number of hydrogen-bond acceptors (Lipinski definition) is 1. The zero-order valence-corrected chi connectivity index (χ0v) is 12.8. The van der Waals surface area contributed by atoms with Crippen LogP contribution in [-0.4, -0.2) is 11.1 Å². The molecule has 0 aromatic heterocycles. The molecule has 0 aromatic carbocycles. The van der Waals surface area contributed by atoms with Crippen molar-refractivity contribution in [3.8, 4) is 0 Å². The average Bonchev–Trinajstić information content (AvgIpc) is 2.35. The van der Waals surface area contributed by atoms with Crippen molar-refractivity contribution < 1.29 is 9.90 Å². The van der Waals surface area contributed by atoms with Crippen LogP contribution in [0.3, 0.4) is 0 Å². The zero-order chi connectivity index (χ0) is 14.7. The van der Waals surface area contributed by atoms with Gasteiger partial charge in [0.2, 0.25) is 0 Å². The maximum atomic E-state index is 10.5. The van der Waals surface area contributed by atoms with Crippen molar-refractivity contribution >= 4 is 5.97 Å². The summed E-state index contributed by atoms with van der Waals surface area (Å²) in [7, 11) is 0. The highest BCUT2D eigenvalue weighted by atomic mass is 16.4. The van der Waals surface area contributed by atoms with Gasteiger partial charge in [-0.15, -0.1) is 0 Å². The van der Waals surface area contributed by atoms with Crippen molar-refractivity contribution in [2.45, 2.75) is 66.2 Å². The summed E-state index contributed by atoms with van der Waals surface area (Å²) in [4.78, 5) is 10.5. The van der Waals surface area contributed by atoms with Crippen LogP contribution in [0, 0.1) is 0 Å². The van der Waals surface area contributed by atoms with Crippen molar-refractivity contribution in [2.24, 2.45) is 0 Å². The van der Waals surface area contributed by atoms with Gasteiger partial charge in [-0.05, 0) is 52.4 Å². The Hall–Kier alpha value is -1.31. The summed E-state index contributed by atoms with van der Waals surface area (Å²) in [5, 5.41) is 8.63. The Morgan fingerprint density at radius 2 is 1.58 bits per heavy atom. The fourth-order valence-electron chi connectivity index (χ4n) is 1.86. The molecule has 2 nitrogen and oxygen atoms in total. The highest BCUT2D eigenvalue weighted by Crippen LogP contribution is 2.15. The van der Waals surface area contributed by atoms with Crippen LogP contribution in [0.5, 0.6) is 0 Å². The van der Waals surface area contributed by atoms with Crippen LogP contribution in [0.4, 0.5) is 0 Å². The summed E-state index contributed by atoms with van der Waals surface area (Å²) < 4.78 is 0. The molecule has 0 amide bonds. The van der Waals surface area contributed by atoms with Crippen molar-refractivity contribution in [3.05, 3.63) is 34.9 Å². The predicted molar refractivity (Wildman–Crippen MR) is 82.3 cm³/mol. The van der Waals surface area contributed by atoms with E-state index in [1.165, 1.54) is 17.2 Å². The lowest BCUT2D eigenvalue weighted by Gasteiger charge is -2.04. The molecule has 0 radical (unpaired) electrons. The lowest BCUT2D eigenvalue weighted by atomic mass is 10.0. The second kappa shape index (κ2) is 10.6. The maximum Gasteiger partial charge on any atom is 0.328 e. The molecule has 0 aliphatic heterocycles. The van der Waals surface area contributed by atoms with Gasteiger partial charge in [-0.2, -0.15) is 0 Å². The molecule has 0 saturated carbocycles. The Morgan fingerprint density at radius 1 is 0.947 bits per heavy atom. The molecular formula is C17H28O2. The molecule has 2 heteroatoms. The molecule has 19 heavy (non-hydrogen) atoms. The summed E-state index contributed by atoms with van der Waals surface area (Å²) in [5.74, 6) is -0.850. The van der Waals surface area contributed by atoms with Crippen molar-refractivity contribution in [3.63, 3.8) is 0 Å². The quantitative estimate of drug-likeness (QED) is 0.455. The first-order chi connectivity index (χ1) is 8.99. The van der Waals surface area contributed by atoms with Gasteiger partial charge in [0.25, 0.3) is 0 Å². The molecule has 108 valence electrons. The molecule has 0 aliphatic carbocycles. The van der Waals surface area contributed by atoms with Gasteiger partial charge < -0.3 is 5.11 Å². The third-order valence-corrected chi connectivity index (χ3v) is 3.31. The molecule has 0 aliphatic rings. The molecule has 0 saturated heterocycles. The van der Waals surface area contributed by atoms with Gasteiger partial charge >= 0.3 is 5.97 Å². The maximum absolute atomic E-state index is 10.5. The monoisotopic (exact) mass is 264 g/mol. The Morgan fingerprint density at radius 3 is 2.11 bits per heavy atom. The Labute approximate surface area is 117 Å². The van der Waals surface area contributed by atoms with Gasteiger partial charge in [-0.3, -0.25) is 0 Å². The second-order valence-corrected chi connectivity index (χ2v) is 5.03. The predicted octanol–water partition coefficient (Wildman–Crippen LogP) is 5.27. The number of hydrogen-bond donors (Lipinski definition) is 1. The lowest BCUT2D eigenvalue weighted by molar-refractivity contribution is -0.131. The van der Waals surface area contributed by atoms with Crippen LogP contribution in [0.2, 0.25) is 0 Å². The van der Waals surface area contributed by atoms with Gasteiger partial charge in [0.05, 0.1) is 0 Å². The SMILES string of the molecule is CCC(C)=CCCC(=CCCC(C)=CC(=O)O)CC. The third kappa shape index (κ3) is 10.3. The lowest BCUT2D eigenvalue weighted by Crippen LogP contribution is -1.90. The minimum atomic E-state index is -0.850. The summed E-state index contributed by atoms with van der Waals surface area (Å²) >= 11 is 0. The minimum absolute atomic E-state index is 0.833. The summed E-state index contributed by atoms with van der Waals surface area (Å²) in [5.41, 5.74) is 3.86. The molecule has 0 bridgehead atoms. The summed E-state index contributed by atoms with van der Waals surface area (Å²) in [6.07, 6.45) is 12.1. The third-order valence-electron chi connectivity index (χ3n) is 3.31. The Balaban J connectivity index is 4.16. The first-order valence-corrected chi connectivity index (χ1v) is 7.23. The van der Waals surface area contributed by atoms with E-state index < -0.39 is 5.97 Å². The number of aliphatic carboxylic acids is 1.